The molecule has 4 rings (SSSR count). The van der Waals surface area contributed by atoms with Crippen molar-refractivity contribution in [3.63, 3.8) is 0 Å². The first-order valence-electron chi connectivity index (χ1n) is 8.93. The van der Waals surface area contributed by atoms with E-state index in [1.165, 1.54) is 6.26 Å². The second-order valence-corrected chi connectivity index (χ2v) is 9.94. The summed E-state index contributed by atoms with van der Waals surface area (Å²) in [6, 6.07) is 2.07. The minimum atomic E-state index is -3.76. The van der Waals surface area contributed by atoms with Crippen molar-refractivity contribution in [3.8, 4) is 0 Å². The Morgan fingerprint density at radius 2 is 2.12 bits per heavy atom. The van der Waals surface area contributed by atoms with Crippen molar-refractivity contribution >= 4 is 42.1 Å². The molecule has 0 N–H and O–H groups in total. The Bertz CT molecular complexity index is 1480. The van der Waals surface area contributed by atoms with Gasteiger partial charge in [0.25, 0.3) is 11.2 Å². The van der Waals surface area contributed by atoms with Crippen molar-refractivity contribution in [3.05, 3.63) is 62.5 Å². The van der Waals surface area contributed by atoms with E-state index in [0.717, 1.165) is 35.3 Å². The Morgan fingerprint density at radius 3 is 2.78 bits per heavy atom. The first-order chi connectivity index (χ1) is 15.1. The fourth-order valence-corrected chi connectivity index (χ4v) is 4.60. The van der Waals surface area contributed by atoms with Crippen LogP contribution in [0.3, 0.4) is 0 Å². The van der Waals surface area contributed by atoms with Gasteiger partial charge < -0.3 is 9.42 Å². The average molecular weight is 477 g/mol. The zero-order valence-electron chi connectivity index (χ0n) is 16.7. The molecule has 0 saturated carbocycles. The van der Waals surface area contributed by atoms with Crippen LogP contribution < -0.4 is 10.5 Å². The number of hydrogen-bond donors (Lipinski definition) is 0. The van der Waals surface area contributed by atoms with E-state index < -0.39 is 26.0 Å². The third kappa shape index (κ3) is 4.33. The number of nitrogens with zero attached hydrogens (tertiary/aromatic N) is 7. The fraction of sp³-hybridized carbons (Fsp3) is 0.235. The maximum absolute atomic E-state index is 12.6. The molecular weight excluding hydrogens is 462 g/mol. The predicted octanol–water partition coefficient (Wildman–Crippen LogP) is 1.23. The monoisotopic (exact) mass is 477 g/mol. The molecule has 0 spiro atoms. The summed E-state index contributed by atoms with van der Waals surface area (Å²) in [5.74, 6) is 0. The maximum Gasteiger partial charge on any atom is 0.288 e. The van der Waals surface area contributed by atoms with Crippen molar-refractivity contribution < 1.29 is 17.9 Å². The molecule has 0 aliphatic heterocycles. The number of anilines is 1. The van der Waals surface area contributed by atoms with Crippen LogP contribution in [-0.2, 0) is 22.9 Å². The molecular formula is C17H15N7O6S2. The highest BCUT2D eigenvalue weighted by Gasteiger charge is 2.23. The molecule has 0 aliphatic rings. The van der Waals surface area contributed by atoms with Gasteiger partial charge in [0.05, 0.1) is 40.7 Å². The second kappa shape index (κ2) is 8.08. The van der Waals surface area contributed by atoms with Gasteiger partial charge in [-0.15, -0.1) is 5.10 Å². The highest BCUT2D eigenvalue weighted by molar-refractivity contribution is 7.90. The van der Waals surface area contributed by atoms with Crippen molar-refractivity contribution in [2.75, 3.05) is 18.2 Å². The molecule has 0 unspecified atom stereocenters. The van der Waals surface area contributed by atoms with Gasteiger partial charge >= 0.3 is 0 Å². The molecule has 4 aromatic rings. The van der Waals surface area contributed by atoms with Crippen LogP contribution in [0.4, 0.5) is 10.8 Å². The molecule has 3 heterocycles. The van der Waals surface area contributed by atoms with Crippen molar-refractivity contribution in [1.82, 2.24) is 25.1 Å². The number of non-ortho nitro benzene ring substituents is 1. The van der Waals surface area contributed by atoms with Gasteiger partial charge in [-0.25, -0.2) is 13.1 Å². The number of nitro groups is 1. The number of sulfone groups is 1. The van der Waals surface area contributed by atoms with Gasteiger partial charge in [0, 0.05) is 24.9 Å². The molecule has 0 atom stereocenters. The summed E-state index contributed by atoms with van der Waals surface area (Å²) in [6.45, 7) is 0.643. The lowest BCUT2D eigenvalue weighted by atomic mass is 10.2. The van der Waals surface area contributed by atoms with E-state index in [0.29, 0.717) is 12.2 Å². The smallest absolute Gasteiger partial charge is 0.288 e. The number of fused-ring (bicyclic) bond motifs is 1. The van der Waals surface area contributed by atoms with E-state index in [9.17, 15) is 23.3 Å². The van der Waals surface area contributed by atoms with Gasteiger partial charge in [0.2, 0.25) is 0 Å². The van der Waals surface area contributed by atoms with Crippen molar-refractivity contribution in [2.45, 2.75) is 18.0 Å². The first kappa shape index (κ1) is 21.5. The predicted molar refractivity (Wildman–Crippen MR) is 113 cm³/mol. The van der Waals surface area contributed by atoms with E-state index in [-0.39, 0.29) is 26.7 Å². The average Bonchev–Trinajstić information content (AvgIpc) is 3.38. The number of rotatable bonds is 7. The van der Waals surface area contributed by atoms with Gasteiger partial charge in [-0.2, -0.15) is 4.98 Å². The molecule has 0 bridgehead atoms. The molecule has 0 amide bonds. The SMILES string of the molecule is CN(Cc1cn(Cc2cnoc2)nn1)c1nc(=O)c2cc(S(C)(=O)=O)cc([N+](=O)[O-])c2s1. The van der Waals surface area contributed by atoms with E-state index >= 15 is 0 Å². The van der Waals surface area contributed by atoms with E-state index in [4.69, 9.17) is 4.52 Å². The van der Waals surface area contributed by atoms with Gasteiger partial charge in [-0.05, 0) is 6.07 Å². The second-order valence-electron chi connectivity index (χ2n) is 6.95. The highest BCUT2D eigenvalue weighted by Crippen LogP contribution is 2.34. The Labute approximate surface area is 184 Å². The van der Waals surface area contributed by atoms with Crippen molar-refractivity contribution in [1.29, 1.82) is 0 Å². The van der Waals surface area contributed by atoms with Crippen LogP contribution in [0, 0.1) is 10.1 Å². The normalized spacial score (nSPS) is 11.7. The van der Waals surface area contributed by atoms with Gasteiger partial charge in [-0.3, -0.25) is 14.9 Å². The lowest BCUT2D eigenvalue weighted by Gasteiger charge is -2.15. The third-order valence-electron chi connectivity index (χ3n) is 4.43. The standard InChI is InChI=1S/C17H15N7O6S2/c1-22(7-11-8-23(21-20-11)6-10-5-18-30-9-10)17-19-16(25)13-3-12(32(2,28)29)4-14(24(26)27)15(13)31-17/h3-5,8-9H,6-7H2,1-2H3. The van der Waals surface area contributed by atoms with E-state index in [1.807, 2.05) is 0 Å². The fourth-order valence-electron chi connectivity index (χ4n) is 2.92. The van der Waals surface area contributed by atoms with Crippen molar-refractivity contribution in [2.24, 2.45) is 0 Å². The van der Waals surface area contributed by atoms with Crippen LogP contribution in [0.5, 0.6) is 0 Å². The number of benzene rings is 1. The Balaban J connectivity index is 1.67. The van der Waals surface area contributed by atoms with Gasteiger partial charge in [0.1, 0.15) is 16.7 Å². The lowest BCUT2D eigenvalue weighted by Crippen LogP contribution is -2.20. The molecule has 13 nitrogen and oxygen atoms in total. The van der Waals surface area contributed by atoms with Crippen LogP contribution in [0.25, 0.3) is 10.1 Å². The maximum atomic E-state index is 12.6. The zero-order valence-corrected chi connectivity index (χ0v) is 18.3. The molecule has 166 valence electrons. The minimum Gasteiger partial charge on any atom is -0.364 e. The number of aromatic nitrogens is 5. The molecule has 3 aromatic heterocycles. The summed E-state index contributed by atoms with van der Waals surface area (Å²) >= 11 is 0.916. The molecule has 0 radical (unpaired) electrons. The van der Waals surface area contributed by atoms with Gasteiger partial charge in [0.15, 0.2) is 15.0 Å². The van der Waals surface area contributed by atoms with E-state index in [1.54, 1.807) is 29.0 Å². The van der Waals surface area contributed by atoms with Crippen LogP contribution in [0.15, 0.2) is 45.0 Å². The van der Waals surface area contributed by atoms with Crippen LogP contribution >= 0.6 is 11.3 Å². The quantitative estimate of drug-likeness (QED) is 0.277. The highest BCUT2D eigenvalue weighted by atomic mass is 32.2. The topological polar surface area (TPSA) is 167 Å². The summed E-state index contributed by atoms with van der Waals surface area (Å²) in [6.07, 6.45) is 5.67. The summed E-state index contributed by atoms with van der Waals surface area (Å²) in [5.41, 5.74) is 0.157. The first-order valence-corrected chi connectivity index (χ1v) is 11.6. The summed E-state index contributed by atoms with van der Waals surface area (Å²) < 4.78 is 30.1. The van der Waals surface area contributed by atoms with Crippen LogP contribution in [0.1, 0.15) is 11.3 Å². The molecule has 0 saturated heterocycles. The molecule has 1 aromatic carbocycles. The number of hydrogen-bond acceptors (Lipinski definition) is 12. The summed E-state index contributed by atoms with van der Waals surface area (Å²) in [4.78, 5) is 28.7. The largest absolute Gasteiger partial charge is 0.364 e. The Kier molecular flexibility index (Phi) is 5.43. The molecule has 32 heavy (non-hydrogen) atoms. The third-order valence-corrected chi connectivity index (χ3v) is 6.74. The lowest BCUT2D eigenvalue weighted by molar-refractivity contribution is -0.383. The minimum absolute atomic E-state index is 0.0420. The molecule has 15 heteroatoms. The zero-order chi connectivity index (χ0) is 23.0. The Hall–Kier alpha value is -3.72. The Morgan fingerprint density at radius 1 is 1.34 bits per heavy atom. The molecule has 0 aliphatic carbocycles. The van der Waals surface area contributed by atoms with Crippen LogP contribution in [-0.4, -0.2) is 51.8 Å². The van der Waals surface area contributed by atoms with Crippen LogP contribution in [0.2, 0.25) is 0 Å². The summed E-state index contributed by atoms with van der Waals surface area (Å²) in [7, 11) is -2.10. The van der Waals surface area contributed by atoms with Gasteiger partial charge in [-0.1, -0.05) is 21.7 Å². The summed E-state index contributed by atoms with van der Waals surface area (Å²) in [5, 5.41) is 23.4. The number of nitro benzene ring substituents is 1. The molecule has 0 fully saturated rings. The van der Waals surface area contributed by atoms with E-state index in [2.05, 4.69) is 20.5 Å².